The average molecular weight is 481 g/mol. The van der Waals surface area contributed by atoms with Crippen LogP contribution in [-0.4, -0.2) is 67.8 Å². The summed E-state index contributed by atoms with van der Waals surface area (Å²) in [6, 6.07) is -0.606. The number of carbonyl (C=O) groups excluding carboxylic acids is 4. The largest absolute Gasteiger partial charge is 0.459 e. The van der Waals surface area contributed by atoms with Crippen LogP contribution in [-0.2, 0) is 23.9 Å². The van der Waals surface area contributed by atoms with Gasteiger partial charge < -0.3 is 14.5 Å². The maximum atomic E-state index is 13.2. The number of fused-ring (bicyclic) bond motifs is 1. The SMILES string of the molecule is CCCSC(=O)C1(C(=O)OC(C)(C)C)CS[C@@H]2C(N(C(C)=O)C3=CCC=CC3)C(=O)N2C1. The molecule has 2 heterocycles. The van der Waals surface area contributed by atoms with E-state index in [0.29, 0.717) is 12.2 Å². The molecule has 2 unspecified atom stereocenters. The molecule has 2 fully saturated rings. The minimum atomic E-state index is -1.40. The second-order valence-corrected chi connectivity index (χ2v) is 11.5. The lowest BCUT2D eigenvalue weighted by Gasteiger charge is -2.56. The van der Waals surface area contributed by atoms with Gasteiger partial charge in [0.15, 0.2) is 5.41 Å². The van der Waals surface area contributed by atoms with Gasteiger partial charge in [0, 0.05) is 37.1 Å². The van der Waals surface area contributed by atoms with Gasteiger partial charge in [0.1, 0.15) is 17.0 Å². The third kappa shape index (κ3) is 4.78. The minimum Gasteiger partial charge on any atom is -0.459 e. The fraction of sp³-hybridized carbons (Fsp3) is 0.652. The lowest BCUT2D eigenvalue weighted by Crippen LogP contribution is -2.74. The molecule has 3 rings (SSSR count). The molecule has 2 aliphatic heterocycles. The molecule has 0 aromatic rings. The molecule has 0 radical (unpaired) electrons. The van der Waals surface area contributed by atoms with Gasteiger partial charge in [-0.3, -0.25) is 19.2 Å². The number of nitrogens with zero attached hydrogens (tertiary/aromatic N) is 2. The molecule has 7 nitrogen and oxygen atoms in total. The Morgan fingerprint density at radius 3 is 2.59 bits per heavy atom. The Hall–Kier alpha value is -1.74. The van der Waals surface area contributed by atoms with Crippen molar-refractivity contribution in [1.82, 2.24) is 9.80 Å². The van der Waals surface area contributed by atoms with Crippen LogP contribution in [0, 0.1) is 5.41 Å². The predicted octanol–water partition coefficient (Wildman–Crippen LogP) is 3.35. The Balaban J connectivity index is 1.84. The van der Waals surface area contributed by atoms with E-state index in [9.17, 15) is 19.2 Å². The van der Waals surface area contributed by atoms with Gasteiger partial charge in [-0.15, -0.1) is 11.8 Å². The number of carbonyl (C=O) groups is 4. The summed E-state index contributed by atoms with van der Waals surface area (Å²) in [5.74, 6) is -0.150. The highest BCUT2D eigenvalue weighted by Crippen LogP contribution is 2.47. The van der Waals surface area contributed by atoms with Crippen molar-refractivity contribution < 1.29 is 23.9 Å². The predicted molar refractivity (Wildman–Crippen MR) is 127 cm³/mol. The Morgan fingerprint density at radius 1 is 1.31 bits per heavy atom. The fourth-order valence-electron chi connectivity index (χ4n) is 4.06. The summed E-state index contributed by atoms with van der Waals surface area (Å²) in [4.78, 5) is 55.2. The number of β-lactam (4-membered cyclic amide) rings is 1. The summed E-state index contributed by atoms with van der Waals surface area (Å²) in [7, 11) is 0. The number of esters is 1. The van der Waals surface area contributed by atoms with E-state index in [1.807, 2.05) is 25.2 Å². The average Bonchev–Trinajstić information content (AvgIpc) is 2.74. The molecule has 1 aliphatic carbocycles. The van der Waals surface area contributed by atoms with E-state index in [1.54, 1.807) is 30.6 Å². The molecule has 0 aromatic carbocycles. The summed E-state index contributed by atoms with van der Waals surface area (Å²) in [6.45, 7) is 8.74. The van der Waals surface area contributed by atoms with Crippen LogP contribution in [0.1, 0.15) is 53.9 Å². The van der Waals surface area contributed by atoms with Crippen LogP contribution in [0.25, 0.3) is 0 Å². The van der Waals surface area contributed by atoms with Crippen molar-refractivity contribution in [3.8, 4) is 0 Å². The zero-order chi connectivity index (χ0) is 23.7. The van der Waals surface area contributed by atoms with Crippen molar-refractivity contribution in [3.63, 3.8) is 0 Å². The third-order valence-corrected chi connectivity index (χ3v) is 8.36. The molecule has 0 bridgehead atoms. The maximum absolute atomic E-state index is 13.2. The van der Waals surface area contributed by atoms with Crippen molar-refractivity contribution in [2.75, 3.05) is 18.1 Å². The number of amides is 2. The summed E-state index contributed by atoms with van der Waals surface area (Å²) in [5.41, 5.74) is -1.31. The van der Waals surface area contributed by atoms with E-state index in [4.69, 9.17) is 4.74 Å². The molecule has 2 amide bonds. The van der Waals surface area contributed by atoms with Crippen molar-refractivity contribution in [1.29, 1.82) is 0 Å². The van der Waals surface area contributed by atoms with E-state index >= 15 is 0 Å². The lowest BCUT2D eigenvalue weighted by atomic mass is 9.87. The Bertz CT molecular complexity index is 863. The van der Waals surface area contributed by atoms with Gasteiger partial charge in [-0.25, -0.2) is 0 Å². The van der Waals surface area contributed by atoms with Crippen molar-refractivity contribution in [3.05, 3.63) is 23.9 Å². The topological polar surface area (TPSA) is 84.0 Å². The van der Waals surface area contributed by atoms with Crippen molar-refractivity contribution in [2.24, 2.45) is 5.41 Å². The van der Waals surface area contributed by atoms with Gasteiger partial charge in [0.2, 0.25) is 16.9 Å². The van der Waals surface area contributed by atoms with Gasteiger partial charge in [-0.1, -0.05) is 36.9 Å². The minimum absolute atomic E-state index is 0.00481. The first kappa shape index (κ1) is 24.9. The maximum Gasteiger partial charge on any atom is 0.323 e. The number of allylic oxidation sites excluding steroid dienone is 3. The van der Waals surface area contributed by atoms with Gasteiger partial charge in [-0.05, 0) is 33.6 Å². The number of hydrogen-bond donors (Lipinski definition) is 0. The van der Waals surface area contributed by atoms with Crippen molar-refractivity contribution in [2.45, 2.75) is 70.9 Å². The highest BCUT2D eigenvalue weighted by atomic mass is 32.2. The Kier molecular flexibility index (Phi) is 7.49. The first-order valence-electron chi connectivity index (χ1n) is 11.0. The zero-order valence-corrected chi connectivity index (χ0v) is 21.0. The molecule has 0 N–H and O–H groups in total. The molecule has 3 aliphatic rings. The Morgan fingerprint density at radius 2 is 2.03 bits per heavy atom. The number of rotatable bonds is 6. The van der Waals surface area contributed by atoms with Gasteiger partial charge >= 0.3 is 5.97 Å². The molecule has 9 heteroatoms. The van der Waals surface area contributed by atoms with Crippen LogP contribution in [0.2, 0.25) is 0 Å². The molecular formula is C23H32N2O5S2. The van der Waals surface area contributed by atoms with Gasteiger partial charge in [0.25, 0.3) is 0 Å². The van der Waals surface area contributed by atoms with E-state index in [-0.39, 0.29) is 34.6 Å². The van der Waals surface area contributed by atoms with Crippen LogP contribution in [0.3, 0.4) is 0 Å². The number of ether oxygens (including phenoxy) is 1. The lowest BCUT2D eigenvalue weighted by molar-refractivity contribution is -0.174. The van der Waals surface area contributed by atoms with Crippen molar-refractivity contribution >= 4 is 46.4 Å². The second kappa shape index (κ2) is 9.63. The molecule has 3 atom stereocenters. The third-order valence-electron chi connectivity index (χ3n) is 5.58. The zero-order valence-electron chi connectivity index (χ0n) is 19.4. The highest BCUT2D eigenvalue weighted by Gasteiger charge is 2.62. The molecule has 2 saturated heterocycles. The quantitative estimate of drug-likeness (QED) is 0.249. The summed E-state index contributed by atoms with van der Waals surface area (Å²) in [6.07, 6.45) is 8.14. The fourth-order valence-corrected chi connectivity index (χ4v) is 6.61. The Labute approximate surface area is 198 Å². The first-order valence-corrected chi connectivity index (χ1v) is 13.0. The van der Waals surface area contributed by atoms with Crippen LogP contribution in [0.4, 0.5) is 0 Å². The monoisotopic (exact) mass is 480 g/mol. The van der Waals surface area contributed by atoms with Crippen LogP contribution < -0.4 is 0 Å². The van der Waals surface area contributed by atoms with Crippen LogP contribution >= 0.6 is 23.5 Å². The molecule has 32 heavy (non-hydrogen) atoms. The molecule has 0 saturated carbocycles. The van der Waals surface area contributed by atoms with E-state index in [0.717, 1.165) is 30.3 Å². The summed E-state index contributed by atoms with van der Waals surface area (Å²) in [5, 5.41) is -0.530. The number of thioether (sulfide) groups is 2. The summed E-state index contributed by atoms with van der Waals surface area (Å²) >= 11 is 2.52. The van der Waals surface area contributed by atoms with Gasteiger partial charge in [-0.2, -0.15) is 0 Å². The highest BCUT2D eigenvalue weighted by molar-refractivity contribution is 8.13. The summed E-state index contributed by atoms with van der Waals surface area (Å²) < 4.78 is 5.63. The van der Waals surface area contributed by atoms with E-state index in [1.165, 1.54) is 18.7 Å². The van der Waals surface area contributed by atoms with E-state index in [2.05, 4.69) is 0 Å². The standard InChI is InChI=1S/C23H32N2O5S2/c1-6-12-31-21(29)23(20(28)30-22(3,4)5)13-24-18(27)17(19(24)32-14-23)25(15(2)26)16-10-8-7-9-11-16/h7-8,11,17,19H,6,9-10,12-14H2,1-5H3/t17?,19-,23?/m1/s1. The first-order chi connectivity index (χ1) is 15.0. The number of hydrogen-bond acceptors (Lipinski definition) is 7. The van der Waals surface area contributed by atoms with Gasteiger partial charge in [0.05, 0.1) is 0 Å². The molecule has 0 aromatic heterocycles. The van der Waals surface area contributed by atoms with Crippen LogP contribution in [0.5, 0.6) is 0 Å². The smallest absolute Gasteiger partial charge is 0.323 e. The molecular weight excluding hydrogens is 448 g/mol. The molecule has 176 valence electrons. The normalized spacial score (nSPS) is 27.2. The second-order valence-electron chi connectivity index (χ2n) is 9.33. The van der Waals surface area contributed by atoms with Crippen LogP contribution in [0.15, 0.2) is 23.9 Å². The molecule has 0 spiro atoms. The van der Waals surface area contributed by atoms with E-state index < -0.39 is 23.0 Å².